The molecule has 4 aromatic rings. The summed E-state index contributed by atoms with van der Waals surface area (Å²) in [6.07, 6.45) is 5.11. The summed E-state index contributed by atoms with van der Waals surface area (Å²) in [7, 11) is 0. The van der Waals surface area contributed by atoms with Crippen molar-refractivity contribution in [1.29, 1.82) is 0 Å². The first-order valence-electron chi connectivity index (χ1n) is 13.0. The highest BCUT2D eigenvalue weighted by molar-refractivity contribution is 6.10. The second-order valence-corrected chi connectivity index (χ2v) is 9.96. The maximum atomic E-state index is 14.2. The zero-order chi connectivity index (χ0) is 24.5. The van der Waals surface area contributed by atoms with Gasteiger partial charge in [-0.3, -0.25) is 9.69 Å². The van der Waals surface area contributed by atoms with Crippen molar-refractivity contribution in [3.8, 4) is 0 Å². The molecule has 3 heterocycles. The Morgan fingerprint density at radius 1 is 0.889 bits per heavy atom. The Balaban J connectivity index is 1.17. The number of amides is 1. The van der Waals surface area contributed by atoms with E-state index in [-0.39, 0.29) is 11.9 Å². The number of aliphatic imine (C=N–C) groups is 1. The molecule has 2 aliphatic heterocycles. The van der Waals surface area contributed by atoms with Crippen LogP contribution in [0.1, 0.15) is 36.5 Å². The van der Waals surface area contributed by atoms with E-state index in [4.69, 9.17) is 4.99 Å². The molecular weight excluding hydrogens is 444 g/mol. The highest BCUT2D eigenvalue weighted by Crippen LogP contribution is 2.41. The number of benzene rings is 3. The molecule has 0 unspecified atom stereocenters. The van der Waals surface area contributed by atoms with E-state index in [1.807, 2.05) is 72.5 Å². The van der Waals surface area contributed by atoms with Gasteiger partial charge in [0.15, 0.2) is 5.54 Å². The SMILES string of the molecule is CC1=NC(c2ccccc2)(c2ccccc2)C(=O)N1C1CCN(CCc2c[nH]c3ccccc23)CC1. The van der Waals surface area contributed by atoms with Gasteiger partial charge in [0.1, 0.15) is 5.84 Å². The molecule has 5 nitrogen and oxygen atoms in total. The van der Waals surface area contributed by atoms with Gasteiger partial charge in [0.05, 0.1) is 0 Å². The van der Waals surface area contributed by atoms with Crippen molar-refractivity contribution in [2.45, 2.75) is 37.8 Å². The van der Waals surface area contributed by atoms with E-state index in [9.17, 15) is 4.79 Å². The Kier molecular flexibility index (Phi) is 5.94. The predicted molar refractivity (Wildman–Crippen MR) is 145 cm³/mol. The third-order valence-electron chi connectivity index (χ3n) is 7.88. The fourth-order valence-electron chi connectivity index (χ4n) is 6.02. The van der Waals surface area contributed by atoms with Crippen molar-refractivity contribution in [2.24, 2.45) is 4.99 Å². The van der Waals surface area contributed by atoms with E-state index in [2.05, 4.69) is 40.3 Å². The van der Waals surface area contributed by atoms with Gasteiger partial charge < -0.3 is 9.88 Å². The number of amidine groups is 1. The molecular formula is C31H32N4O. The maximum Gasteiger partial charge on any atom is 0.265 e. The number of H-pyrrole nitrogens is 1. The van der Waals surface area contributed by atoms with E-state index < -0.39 is 5.54 Å². The van der Waals surface area contributed by atoms with Crippen LogP contribution in [0, 0.1) is 0 Å². The van der Waals surface area contributed by atoms with Gasteiger partial charge >= 0.3 is 0 Å². The van der Waals surface area contributed by atoms with Gasteiger partial charge in [-0.05, 0) is 48.9 Å². The second kappa shape index (κ2) is 9.40. The van der Waals surface area contributed by atoms with Crippen LogP contribution in [0.2, 0.25) is 0 Å². The zero-order valence-corrected chi connectivity index (χ0v) is 20.7. The van der Waals surface area contributed by atoms with E-state index in [0.717, 1.165) is 55.9 Å². The minimum atomic E-state index is -1.00. The molecule has 182 valence electrons. The molecule has 0 bridgehead atoms. The molecule has 6 rings (SSSR count). The van der Waals surface area contributed by atoms with E-state index >= 15 is 0 Å². The van der Waals surface area contributed by atoms with Gasteiger partial charge in [-0.2, -0.15) is 0 Å². The lowest BCUT2D eigenvalue weighted by Gasteiger charge is -2.38. The zero-order valence-electron chi connectivity index (χ0n) is 20.7. The molecule has 0 saturated carbocycles. The van der Waals surface area contributed by atoms with Gasteiger partial charge in [0.2, 0.25) is 0 Å². The van der Waals surface area contributed by atoms with Gasteiger partial charge in [0, 0.05) is 42.8 Å². The van der Waals surface area contributed by atoms with Gasteiger partial charge in [-0.15, -0.1) is 0 Å². The third-order valence-corrected chi connectivity index (χ3v) is 7.88. The van der Waals surface area contributed by atoms with Crippen molar-refractivity contribution >= 4 is 22.6 Å². The number of nitrogens with one attached hydrogen (secondary N) is 1. The van der Waals surface area contributed by atoms with Crippen LogP contribution in [0.5, 0.6) is 0 Å². The Bertz CT molecular complexity index is 1340. The molecule has 0 aliphatic carbocycles. The number of hydrogen-bond donors (Lipinski definition) is 1. The summed E-state index contributed by atoms with van der Waals surface area (Å²) in [5.74, 6) is 0.902. The molecule has 2 aliphatic rings. The molecule has 3 aromatic carbocycles. The first kappa shape index (κ1) is 22.7. The largest absolute Gasteiger partial charge is 0.361 e. The van der Waals surface area contributed by atoms with Gasteiger partial charge in [-0.25, -0.2) is 4.99 Å². The predicted octanol–water partition coefficient (Wildman–Crippen LogP) is 5.38. The minimum absolute atomic E-state index is 0.0784. The number of hydrogen-bond acceptors (Lipinski definition) is 3. The Morgan fingerprint density at radius 3 is 2.17 bits per heavy atom. The van der Waals surface area contributed by atoms with Crippen LogP contribution in [-0.4, -0.2) is 52.2 Å². The summed E-state index contributed by atoms with van der Waals surface area (Å²) in [6, 6.07) is 28.7. The van der Waals surface area contributed by atoms with E-state index in [1.165, 1.54) is 16.5 Å². The van der Waals surface area contributed by atoms with Crippen LogP contribution in [0.25, 0.3) is 10.9 Å². The first-order chi connectivity index (χ1) is 17.7. The summed E-state index contributed by atoms with van der Waals surface area (Å²) < 4.78 is 0. The van der Waals surface area contributed by atoms with Crippen molar-refractivity contribution in [3.05, 3.63) is 108 Å². The van der Waals surface area contributed by atoms with Crippen LogP contribution < -0.4 is 0 Å². The molecule has 0 atom stereocenters. The van der Waals surface area contributed by atoms with Crippen molar-refractivity contribution in [3.63, 3.8) is 0 Å². The minimum Gasteiger partial charge on any atom is -0.361 e. The number of para-hydroxylation sites is 1. The van der Waals surface area contributed by atoms with Gasteiger partial charge in [-0.1, -0.05) is 78.9 Å². The highest BCUT2D eigenvalue weighted by atomic mass is 16.2. The molecule has 0 spiro atoms. The summed E-state index contributed by atoms with van der Waals surface area (Å²) in [6.45, 7) is 5.02. The number of aromatic amines is 1. The second-order valence-electron chi connectivity index (χ2n) is 9.96. The van der Waals surface area contributed by atoms with Crippen LogP contribution in [0.3, 0.4) is 0 Å². The molecule has 36 heavy (non-hydrogen) atoms. The fourth-order valence-corrected chi connectivity index (χ4v) is 6.02. The fraction of sp³-hybridized carbons (Fsp3) is 0.290. The topological polar surface area (TPSA) is 51.7 Å². The lowest BCUT2D eigenvalue weighted by Crippen LogP contribution is -2.50. The molecule has 1 amide bonds. The summed E-state index contributed by atoms with van der Waals surface area (Å²) >= 11 is 0. The quantitative estimate of drug-likeness (QED) is 0.406. The number of carbonyl (C=O) groups is 1. The van der Waals surface area contributed by atoms with Crippen molar-refractivity contribution in [2.75, 3.05) is 19.6 Å². The lowest BCUT2D eigenvalue weighted by molar-refractivity contribution is -0.132. The summed E-state index contributed by atoms with van der Waals surface area (Å²) in [4.78, 5) is 27.2. The van der Waals surface area contributed by atoms with E-state index in [0.29, 0.717) is 0 Å². The smallest absolute Gasteiger partial charge is 0.265 e. The normalized spacial score (nSPS) is 18.6. The molecule has 0 radical (unpaired) electrons. The summed E-state index contributed by atoms with van der Waals surface area (Å²) in [5.41, 5.74) is 3.44. The molecule has 1 saturated heterocycles. The number of rotatable bonds is 6. The number of likely N-dealkylation sites (tertiary alicyclic amines) is 1. The monoisotopic (exact) mass is 476 g/mol. The number of carbonyl (C=O) groups excluding carboxylic acids is 1. The average Bonchev–Trinajstić information content (AvgIpc) is 3.47. The van der Waals surface area contributed by atoms with Crippen LogP contribution in [-0.2, 0) is 16.8 Å². The standard InChI is InChI=1S/C31H32N4O/c1-23-33-31(25-10-4-2-5-11-25,26-12-6-3-7-13-26)30(36)35(23)27-17-20-34(21-18-27)19-16-24-22-32-29-15-9-8-14-28(24)29/h2-15,22,27,32H,16-21H2,1H3. The Morgan fingerprint density at radius 2 is 1.50 bits per heavy atom. The number of aromatic nitrogens is 1. The Labute approximate surface area is 212 Å². The lowest BCUT2D eigenvalue weighted by atomic mass is 9.82. The van der Waals surface area contributed by atoms with Crippen molar-refractivity contribution < 1.29 is 4.79 Å². The third kappa shape index (κ3) is 3.84. The molecule has 5 heteroatoms. The molecule has 1 N–H and O–H groups in total. The first-order valence-corrected chi connectivity index (χ1v) is 13.0. The van der Waals surface area contributed by atoms with E-state index in [1.54, 1.807) is 0 Å². The molecule has 1 fully saturated rings. The van der Waals surface area contributed by atoms with Crippen LogP contribution >= 0.6 is 0 Å². The van der Waals surface area contributed by atoms with Crippen LogP contribution in [0.4, 0.5) is 0 Å². The Hall–Kier alpha value is -3.70. The number of piperidine rings is 1. The summed E-state index contributed by atoms with van der Waals surface area (Å²) in [5, 5.41) is 1.32. The van der Waals surface area contributed by atoms with Crippen LogP contribution in [0.15, 0.2) is 96.1 Å². The highest BCUT2D eigenvalue weighted by Gasteiger charge is 2.51. The maximum absolute atomic E-state index is 14.2. The van der Waals surface area contributed by atoms with Gasteiger partial charge in [0.25, 0.3) is 5.91 Å². The number of fused-ring (bicyclic) bond motifs is 1. The molecule has 1 aromatic heterocycles. The average molecular weight is 477 g/mol. The van der Waals surface area contributed by atoms with Crippen molar-refractivity contribution in [1.82, 2.24) is 14.8 Å². The number of nitrogens with zero attached hydrogens (tertiary/aromatic N) is 3.